The molecule has 2 aromatic carbocycles. The van der Waals surface area contributed by atoms with Gasteiger partial charge in [-0.05, 0) is 36.0 Å². The van der Waals surface area contributed by atoms with Gasteiger partial charge in [0, 0.05) is 29.3 Å². The number of Topliss-reactive ketones (excluding diaryl/α,β-unsaturated/α-hetero) is 1. The Labute approximate surface area is 198 Å². The van der Waals surface area contributed by atoms with Gasteiger partial charge in [0.1, 0.15) is 6.61 Å². The predicted octanol–water partition coefficient (Wildman–Crippen LogP) is 6.34. The number of rotatable bonds is 4. The third-order valence-corrected chi connectivity index (χ3v) is 6.80. The lowest BCUT2D eigenvalue weighted by Gasteiger charge is -2.39. The molecule has 1 aliphatic heterocycles. The van der Waals surface area contributed by atoms with E-state index in [4.69, 9.17) is 27.9 Å². The number of allylic oxidation sites excluding steroid dienone is 3. The van der Waals surface area contributed by atoms with E-state index in [1.165, 1.54) is 0 Å². The van der Waals surface area contributed by atoms with Crippen LogP contribution in [0.1, 0.15) is 50.7 Å². The van der Waals surface area contributed by atoms with Crippen LogP contribution in [0.5, 0.6) is 0 Å². The van der Waals surface area contributed by atoms with E-state index >= 15 is 0 Å². The third kappa shape index (κ3) is 4.35. The first-order valence-electron chi connectivity index (χ1n) is 10.6. The van der Waals surface area contributed by atoms with Crippen molar-refractivity contribution in [2.24, 2.45) is 5.41 Å². The van der Waals surface area contributed by atoms with Gasteiger partial charge in [-0.3, -0.25) is 4.79 Å². The molecule has 4 rings (SSSR count). The highest BCUT2D eigenvalue weighted by atomic mass is 35.5. The van der Waals surface area contributed by atoms with Crippen molar-refractivity contribution < 1.29 is 14.3 Å². The van der Waals surface area contributed by atoms with Crippen LogP contribution in [0.3, 0.4) is 0 Å². The minimum absolute atomic E-state index is 0.00523. The van der Waals surface area contributed by atoms with Crippen molar-refractivity contribution in [3.8, 4) is 0 Å². The largest absolute Gasteiger partial charge is 0.457 e. The Morgan fingerprint density at radius 2 is 1.81 bits per heavy atom. The Morgan fingerprint density at radius 1 is 1.09 bits per heavy atom. The first-order valence-corrected chi connectivity index (χ1v) is 11.3. The number of hydrogen-bond donors (Lipinski definition) is 1. The lowest BCUT2D eigenvalue weighted by molar-refractivity contribution is -0.140. The van der Waals surface area contributed by atoms with E-state index < -0.39 is 11.9 Å². The van der Waals surface area contributed by atoms with E-state index in [1.807, 2.05) is 43.3 Å². The van der Waals surface area contributed by atoms with Crippen LogP contribution >= 0.6 is 23.2 Å². The minimum Gasteiger partial charge on any atom is -0.457 e. The molecule has 1 heterocycles. The molecule has 1 aliphatic carbocycles. The third-order valence-electron chi connectivity index (χ3n) is 5.96. The van der Waals surface area contributed by atoms with Crippen molar-refractivity contribution in [1.29, 1.82) is 0 Å². The zero-order chi connectivity index (χ0) is 23.0. The van der Waals surface area contributed by atoms with Crippen LogP contribution in [0.25, 0.3) is 0 Å². The van der Waals surface area contributed by atoms with E-state index in [-0.39, 0.29) is 17.8 Å². The number of carbonyl (C=O) groups is 2. The molecule has 0 amide bonds. The number of nitrogens with one attached hydrogen (secondary N) is 1. The number of carbonyl (C=O) groups excluding carboxylic acids is 2. The van der Waals surface area contributed by atoms with E-state index in [0.29, 0.717) is 45.3 Å². The molecule has 166 valence electrons. The average molecular weight is 470 g/mol. The predicted molar refractivity (Wildman–Crippen MR) is 126 cm³/mol. The van der Waals surface area contributed by atoms with Gasteiger partial charge in [0.25, 0.3) is 0 Å². The number of hydrogen-bond acceptors (Lipinski definition) is 4. The van der Waals surface area contributed by atoms with Gasteiger partial charge in [-0.2, -0.15) is 0 Å². The molecule has 0 radical (unpaired) electrons. The fourth-order valence-electron chi connectivity index (χ4n) is 4.56. The number of ether oxygens (including phenoxy) is 1. The quantitative estimate of drug-likeness (QED) is 0.530. The lowest BCUT2D eigenvalue weighted by Crippen LogP contribution is -2.38. The van der Waals surface area contributed by atoms with Crippen LogP contribution in [0.4, 0.5) is 0 Å². The molecular weight excluding hydrogens is 445 g/mol. The number of dihydropyridines is 1. The Balaban J connectivity index is 1.78. The molecule has 0 fully saturated rings. The SMILES string of the molecule is CC1=C(C(=O)OCc2ccccc2)[C@@H](c2cccc(Cl)c2Cl)C2=C(CC(C)(C)CC2=O)N1. The number of ketones is 1. The Kier molecular flexibility index (Phi) is 6.19. The Hall–Kier alpha value is -2.56. The van der Waals surface area contributed by atoms with Crippen LogP contribution in [-0.2, 0) is 20.9 Å². The second kappa shape index (κ2) is 8.76. The highest BCUT2D eigenvalue weighted by molar-refractivity contribution is 6.42. The van der Waals surface area contributed by atoms with Crippen molar-refractivity contribution in [3.63, 3.8) is 0 Å². The molecule has 2 aliphatic rings. The van der Waals surface area contributed by atoms with Crippen LogP contribution in [-0.4, -0.2) is 11.8 Å². The molecule has 0 unspecified atom stereocenters. The van der Waals surface area contributed by atoms with Crippen LogP contribution in [0.2, 0.25) is 10.0 Å². The van der Waals surface area contributed by atoms with Gasteiger partial charge in [-0.1, -0.05) is 79.5 Å². The van der Waals surface area contributed by atoms with Gasteiger partial charge in [0.05, 0.1) is 15.6 Å². The molecule has 6 heteroatoms. The summed E-state index contributed by atoms with van der Waals surface area (Å²) in [4.78, 5) is 26.7. The second-order valence-electron chi connectivity index (χ2n) is 9.13. The molecule has 32 heavy (non-hydrogen) atoms. The smallest absolute Gasteiger partial charge is 0.337 e. The van der Waals surface area contributed by atoms with Crippen molar-refractivity contribution in [2.45, 2.75) is 46.1 Å². The van der Waals surface area contributed by atoms with Crippen LogP contribution < -0.4 is 5.32 Å². The Bertz CT molecular complexity index is 1150. The average Bonchev–Trinajstić information content (AvgIpc) is 2.73. The maximum atomic E-state index is 13.3. The van der Waals surface area contributed by atoms with Gasteiger partial charge in [0.15, 0.2) is 5.78 Å². The standard InChI is InChI=1S/C26H25Cl2NO3/c1-15-21(25(31)32-14-16-8-5-4-6-9-16)22(17-10-7-11-18(27)24(17)28)23-19(29-15)12-26(2,3)13-20(23)30/h4-11,22,29H,12-14H2,1-3H3/t22-/m1/s1. The normalized spacial score (nSPS) is 20.0. The van der Waals surface area contributed by atoms with E-state index in [2.05, 4.69) is 19.2 Å². The maximum Gasteiger partial charge on any atom is 0.337 e. The van der Waals surface area contributed by atoms with Crippen molar-refractivity contribution in [2.75, 3.05) is 0 Å². The molecule has 0 saturated heterocycles. The maximum absolute atomic E-state index is 13.3. The fourth-order valence-corrected chi connectivity index (χ4v) is 4.98. The summed E-state index contributed by atoms with van der Waals surface area (Å²) in [5.41, 5.74) is 3.81. The summed E-state index contributed by atoms with van der Waals surface area (Å²) in [6.45, 7) is 6.11. The molecule has 0 bridgehead atoms. The fraction of sp³-hybridized carbons (Fsp3) is 0.308. The molecule has 4 nitrogen and oxygen atoms in total. The van der Waals surface area contributed by atoms with E-state index in [9.17, 15) is 9.59 Å². The summed E-state index contributed by atoms with van der Waals surface area (Å²) >= 11 is 12.9. The van der Waals surface area contributed by atoms with Gasteiger partial charge in [-0.25, -0.2) is 4.79 Å². The second-order valence-corrected chi connectivity index (χ2v) is 9.92. The lowest BCUT2D eigenvalue weighted by atomic mass is 9.68. The van der Waals surface area contributed by atoms with E-state index in [0.717, 1.165) is 11.3 Å². The first kappa shape index (κ1) is 22.6. The van der Waals surface area contributed by atoms with Crippen molar-refractivity contribution in [3.05, 3.63) is 92.2 Å². The highest BCUT2D eigenvalue weighted by Crippen LogP contribution is 2.48. The molecule has 1 N–H and O–H groups in total. The molecule has 0 spiro atoms. The van der Waals surface area contributed by atoms with Crippen molar-refractivity contribution in [1.82, 2.24) is 5.32 Å². The minimum atomic E-state index is -0.635. The van der Waals surface area contributed by atoms with Crippen molar-refractivity contribution >= 4 is 35.0 Å². The zero-order valence-corrected chi connectivity index (χ0v) is 19.8. The summed E-state index contributed by atoms with van der Waals surface area (Å²) < 4.78 is 5.67. The van der Waals surface area contributed by atoms with Gasteiger partial charge >= 0.3 is 5.97 Å². The van der Waals surface area contributed by atoms with Crippen LogP contribution in [0.15, 0.2) is 71.1 Å². The molecule has 2 aromatic rings. The molecule has 1 atom stereocenters. The molecule has 0 saturated carbocycles. The monoisotopic (exact) mass is 469 g/mol. The van der Waals surface area contributed by atoms with Gasteiger partial charge < -0.3 is 10.1 Å². The van der Waals surface area contributed by atoms with Gasteiger partial charge in [-0.15, -0.1) is 0 Å². The number of benzene rings is 2. The molecular formula is C26H25Cl2NO3. The van der Waals surface area contributed by atoms with Crippen LogP contribution in [0, 0.1) is 5.41 Å². The topological polar surface area (TPSA) is 55.4 Å². The first-order chi connectivity index (χ1) is 15.2. The van der Waals surface area contributed by atoms with Gasteiger partial charge in [0.2, 0.25) is 0 Å². The summed E-state index contributed by atoms with van der Waals surface area (Å²) in [5.74, 6) is -1.11. The molecule has 0 aromatic heterocycles. The zero-order valence-electron chi connectivity index (χ0n) is 18.3. The van der Waals surface area contributed by atoms with E-state index in [1.54, 1.807) is 12.1 Å². The Morgan fingerprint density at radius 3 is 2.53 bits per heavy atom. The number of halogens is 2. The summed E-state index contributed by atoms with van der Waals surface area (Å²) in [7, 11) is 0. The highest BCUT2D eigenvalue weighted by Gasteiger charge is 2.43. The summed E-state index contributed by atoms with van der Waals surface area (Å²) in [6, 6.07) is 14.8. The number of esters is 1. The summed E-state index contributed by atoms with van der Waals surface area (Å²) in [5, 5.41) is 4.05. The summed E-state index contributed by atoms with van der Waals surface area (Å²) in [6.07, 6.45) is 1.10.